The molecule has 0 saturated carbocycles. The SMILES string of the molecule is CCOC(=O)C1OC1c1ccc(C)cc1C. The summed E-state index contributed by atoms with van der Waals surface area (Å²) in [5.41, 5.74) is 3.47. The zero-order valence-corrected chi connectivity index (χ0v) is 9.82. The summed E-state index contributed by atoms with van der Waals surface area (Å²) in [5, 5.41) is 0. The van der Waals surface area contributed by atoms with E-state index in [9.17, 15) is 4.79 Å². The van der Waals surface area contributed by atoms with Gasteiger partial charge in [0.2, 0.25) is 0 Å². The summed E-state index contributed by atoms with van der Waals surface area (Å²) in [6, 6.07) is 6.15. The molecule has 0 aliphatic carbocycles. The maximum atomic E-state index is 11.4. The van der Waals surface area contributed by atoms with Crippen LogP contribution in [0.2, 0.25) is 0 Å². The molecule has 0 N–H and O–H groups in total. The van der Waals surface area contributed by atoms with Gasteiger partial charge in [-0.1, -0.05) is 23.8 Å². The van der Waals surface area contributed by atoms with E-state index in [1.807, 2.05) is 26.0 Å². The van der Waals surface area contributed by atoms with E-state index in [-0.39, 0.29) is 12.1 Å². The second-order valence-corrected chi connectivity index (χ2v) is 4.09. The van der Waals surface area contributed by atoms with Crippen molar-refractivity contribution in [1.29, 1.82) is 0 Å². The fraction of sp³-hybridized carbons (Fsp3) is 0.462. The zero-order valence-electron chi connectivity index (χ0n) is 9.82. The first-order valence-corrected chi connectivity index (χ1v) is 5.52. The Bertz CT molecular complexity index is 412. The van der Waals surface area contributed by atoms with Crippen LogP contribution in [0.1, 0.15) is 29.7 Å². The van der Waals surface area contributed by atoms with Crippen molar-refractivity contribution in [2.24, 2.45) is 0 Å². The van der Waals surface area contributed by atoms with Crippen molar-refractivity contribution in [2.75, 3.05) is 6.61 Å². The Hall–Kier alpha value is -1.35. The molecule has 0 aromatic heterocycles. The lowest BCUT2D eigenvalue weighted by atomic mass is 10.0. The number of carbonyl (C=O) groups is 1. The van der Waals surface area contributed by atoms with Gasteiger partial charge < -0.3 is 9.47 Å². The number of ether oxygens (including phenoxy) is 2. The Morgan fingerprint density at radius 3 is 2.81 bits per heavy atom. The molecular weight excluding hydrogens is 204 g/mol. The molecule has 1 aliphatic rings. The number of hydrogen-bond acceptors (Lipinski definition) is 3. The quantitative estimate of drug-likeness (QED) is 0.579. The van der Waals surface area contributed by atoms with Crippen LogP contribution in [0.4, 0.5) is 0 Å². The van der Waals surface area contributed by atoms with Gasteiger partial charge in [-0.3, -0.25) is 0 Å². The van der Waals surface area contributed by atoms with Crippen molar-refractivity contribution in [3.63, 3.8) is 0 Å². The fourth-order valence-corrected chi connectivity index (χ4v) is 1.90. The highest BCUT2D eigenvalue weighted by Crippen LogP contribution is 2.40. The molecule has 2 atom stereocenters. The first kappa shape index (κ1) is 11.1. The van der Waals surface area contributed by atoms with E-state index >= 15 is 0 Å². The van der Waals surface area contributed by atoms with Gasteiger partial charge in [0, 0.05) is 0 Å². The number of rotatable bonds is 3. The van der Waals surface area contributed by atoms with Crippen LogP contribution in [0.3, 0.4) is 0 Å². The first-order valence-electron chi connectivity index (χ1n) is 5.52. The predicted octanol–water partition coefficient (Wildman–Crippen LogP) is 2.31. The van der Waals surface area contributed by atoms with Crippen LogP contribution < -0.4 is 0 Å². The molecule has 1 heterocycles. The number of esters is 1. The molecule has 2 unspecified atom stereocenters. The van der Waals surface area contributed by atoms with E-state index in [4.69, 9.17) is 9.47 Å². The first-order chi connectivity index (χ1) is 7.63. The number of hydrogen-bond donors (Lipinski definition) is 0. The van der Waals surface area contributed by atoms with Crippen molar-refractivity contribution in [1.82, 2.24) is 0 Å². The monoisotopic (exact) mass is 220 g/mol. The third kappa shape index (κ3) is 2.09. The molecule has 0 bridgehead atoms. The lowest BCUT2D eigenvalue weighted by molar-refractivity contribution is -0.144. The third-order valence-corrected chi connectivity index (χ3v) is 2.74. The van der Waals surface area contributed by atoms with Gasteiger partial charge in [-0.05, 0) is 31.9 Å². The maximum absolute atomic E-state index is 11.4. The van der Waals surface area contributed by atoms with Crippen molar-refractivity contribution in [3.8, 4) is 0 Å². The number of aryl methyl sites for hydroxylation is 2. The average Bonchev–Trinajstić information content (AvgIpc) is 2.98. The number of benzene rings is 1. The zero-order chi connectivity index (χ0) is 11.7. The van der Waals surface area contributed by atoms with E-state index in [0.29, 0.717) is 6.61 Å². The molecule has 0 spiro atoms. The second-order valence-electron chi connectivity index (χ2n) is 4.09. The largest absolute Gasteiger partial charge is 0.464 e. The van der Waals surface area contributed by atoms with Crippen LogP contribution in [0.25, 0.3) is 0 Å². The van der Waals surface area contributed by atoms with Crippen LogP contribution in [0.15, 0.2) is 18.2 Å². The second kappa shape index (κ2) is 4.26. The van der Waals surface area contributed by atoms with Gasteiger partial charge in [-0.2, -0.15) is 0 Å². The van der Waals surface area contributed by atoms with E-state index in [1.54, 1.807) is 6.92 Å². The van der Waals surface area contributed by atoms with E-state index in [0.717, 1.165) is 11.1 Å². The smallest absolute Gasteiger partial charge is 0.338 e. The standard InChI is InChI=1S/C13H16O3/c1-4-15-13(14)12-11(16-12)10-6-5-8(2)7-9(10)3/h5-7,11-12H,4H2,1-3H3. The lowest BCUT2D eigenvalue weighted by Gasteiger charge is -2.03. The van der Waals surface area contributed by atoms with Crippen molar-refractivity contribution in [2.45, 2.75) is 33.0 Å². The summed E-state index contributed by atoms with van der Waals surface area (Å²) in [5.74, 6) is -0.257. The summed E-state index contributed by atoms with van der Waals surface area (Å²) in [7, 11) is 0. The third-order valence-electron chi connectivity index (χ3n) is 2.74. The topological polar surface area (TPSA) is 38.8 Å². The van der Waals surface area contributed by atoms with Gasteiger partial charge >= 0.3 is 5.97 Å². The van der Waals surface area contributed by atoms with Gasteiger partial charge in [0.1, 0.15) is 6.10 Å². The molecular formula is C13H16O3. The van der Waals surface area contributed by atoms with Crippen LogP contribution in [0, 0.1) is 13.8 Å². The Morgan fingerprint density at radius 1 is 1.44 bits per heavy atom. The highest BCUT2D eigenvalue weighted by atomic mass is 16.6. The van der Waals surface area contributed by atoms with E-state index in [2.05, 4.69) is 6.07 Å². The lowest BCUT2D eigenvalue weighted by Crippen LogP contribution is -2.12. The number of carbonyl (C=O) groups excluding carboxylic acids is 1. The summed E-state index contributed by atoms with van der Waals surface area (Å²) in [6.07, 6.45) is -0.513. The molecule has 16 heavy (non-hydrogen) atoms. The molecule has 1 aliphatic heterocycles. The van der Waals surface area contributed by atoms with Crippen molar-refractivity contribution < 1.29 is 14.3 Å². The van der Waals surface area contributed by atoms with Gasteiger partial charge in [-0.25, -0.2) is 4.79 Å². The molecule has 1 aromatic rings. The molecule has 86 valence electrons. The molecule has 3 nitrogen and oxygen atoms in total. The Kier molecular flexibility index (Phi) is 2.97. The summed E-state index contributed by atoms with van der Waals surface area (Å²) < 4.78 is 10.3. The average molecular weight is 220 g/mol. The van der Waals surface area contributed by atoms with Crippen molar-refractivity contribution >= 4 is 5.97 Å². The fourth-order valence-electron chi connectivity index (χ4n) is 1.90. The Balaban J connectivity index is 2.08. The van der Waals surface area contributed by atoms with Gasteiger partial charge in [0.25, 0.3) is 0 Å². The van der Waals surface area contributed by atoms with Gasteiger partial charge in [-0.15, -0.1) is 0 Å². The molecule has 0 radical (unpaired) electrons. The Labute approximate surface area is 95.4 Å². The van der Waals surface area contributed by atoms with Crippen LogP contribution in [0.5, 0.6) is 0 Å². The summed E-state index contributed by atoms with van der Waals surface area (Å²) in [6.45, 7) is 6.28. The van der Waals surface area contributed by atoms with Crippen LogP contribution in [-0.4, -0.2) is 18.7 Å². The van der Waals surface area contributed by atoms with Gasteiger partial charge in [0.05, 0.1) is 6.61 Å². The van der Waals surface area contributed by atoms with Crippen LogP contribution >= 0.6 is 0 Å². The molecule has 2 rings (SSSR count). The summed E-state index contributed by atoms with van der Waals surface area (Å²) in [4.78, 5) is 11.4. The normalized spacial score (nSPS) is 22.9. The maximum Gasteiger partial charge on any atom is 0.338 e. The van der Waals surface area contributed by atoms with E-state index < -0.39 is 6.10 Å². The summed E-state index contributed by atoms with van der Waals surface area (Å²) >= 11 is 0. The minimum absolute atomic E-state index is 0.111. The Morgan fingerprint density at radius 2 is 2.19 bits per heavy atom. The molecule has 1 fully saturated rings. The minimum atomic E-state index is -0.402. The van der Waals surface area contributed by atoms with E-state index in [1.165, 1.54) is 5.56 Å². The predicted molar refractivity (Wildman–Crippen MR) is 60.2 cm³/mol. The highest BCUT2D eigenvalue weighted by Gasteiger charge is 2.47. The van der Waals surface area contributed by atoms with Crippen molar-refractivity contribution in [3.05, 3.63) is 34.9 Å². The molecule has 3 heteroatoms. The van der Waals surface area contributed by atoms with Gasteiger partial charge in [0.15, 0.2) is 6.10 Å². The van der Waals surface area contributed by atoms with Crippen LogP contribution in [-0.2, 0) is 14.3 Å². The highest BCUT2D eigenvalue weighted by molar-refractivity contribution is 5.78. The number of epoxide rings is 1. The molecule has 1 aromatic carbocycles. The minimum Gasteiger partial charge on any atom is -0.464 e. The molecule has 0 amide bonds. The molecule has 1 saturated heterocycles.